The minimum absolute atomic E-state index is 0.104. The maximum Gasteiger partial charge on any atom is 0.307 e. The van der Waals surface area contributed by atoms with Gasteiger partial charge in [0.25, 0.3) is 0 Å². The summed E-state index contributed by atoms with van der Waals surface area (Å²) in [4.78, 5) is 26.8. The quantitative estimate of drug-likeness (QED) is 0.643. The smallest absolute Gasteiger partial charge is 0.307 e. The van der Waals surface area contributed by atoms with Gasteiger partial charge >= 0.3 is 5.97 Å². The van der Waals surface area contributed by atoms with Crippen LogP contribution in [-0.4, -0.2) is 49.3 Å². The Balaban J connectivity index is 1.80. The third kappa shape index (κ3) is 4.75. The molecule has 0 saturated carbocycles. The zero-order valence-electron chi connectivity index (χ0n) is 12.3. The molecule has 0 bridgehead atoms. The Labute approximate surface area is 129 Å². The number of ether oxygens (including phenoxy) is 1. The van der Waals surface area contributed by atoms with Crippen molar-refractivity contribution in [3.05, 3.63) is 24.3 Å². The van der Waals surface area contributed by atoms with Crippen LogP contribution < -0.4 is 5.32 Å². The maximum absolute atomic E-state index is 12.0. The first kappa shape index (κ1) is 15.9. The molecule has 6 heteroatoms. The Morgan fingerprint density at radius 3 is 2.90 bits per heavy atom. The molecule has 1 unspecified atom stereocenters. The van der Waals surface area contributed by atoms with Gasteiger partial charge in [0.1, 0.15) is 0 Å². The Morgan fingerprint density at radius 1 is 1.38 bits per heavy atom. The minimum Gasteiger partial charge on any atom is -0.466 e. The molecule has 1 heterocycles. The van der Waals surface area contributed by atoms with Crippen LogP contribution in [0.4, 0.5) is 5.69 Å². The normalized spacial score (nSPS) is 17.3. The molecule has 0 aromatic heterocycles. The molecule has 5 nitrogen and oxygen atoms in total. The highest BCUT2D eigenvalue weighted by atomic mass is 32.2. The van der Waals surface area contributed by atoms with E-state index in [9.17, 15) is 9.59 Å². The SMILES string of the molecule is CN(C)CCCOC(=O)CC1Sc2ccccc2NC1=O. The summed E-state index contributed by atoms with van der Waals surface area (Å²) < 4.78 is 5.17. The molecule has 1 N–H and O–H groups in total. The van der Waals surface area contributed by atoms with Crippen LogP contribution in [0.3, 0.4) is 0 Å². The van der Waals surface area contributed by atoms with Crippen LogP contribution in [0.15, 0.2) is 29.2 Å². The van der Waals surface area contributed by atoms with Crippen LogP contribution in [0, 0.1) is 0 Å². The van der Waals surface area contributed by atoms with Crippen molar-refractivity contribution in [3.8, 4) is 0 Å². The molecule has 2 rings (SSSR count). The number of thioether (sulfide) groups is 1. The van der Waals surface area contributed by atoms with E-state index in [-0.39, 0.29) is 18.3 Å². The number of rotatable bonds is 6. The summed E-state index contributed by atoms with van der Waals surface area (Å²) in [6, 6.07) is 7.59. The van der Waals surface area contributed by atoms with E-state index in [1.807, 2.05) is 43.3 Å². The number of carbonyl (C=O) groups excluding carboxylic acids is 2. The van der Waals surface area contributed by atoms with E-state index >= 15 is 0 Å². The predicted octanol–water partition coefficient (Wildman–Crippen LogP) is 1.98. The lowest BCUT2D eigenvalue weighted by Gasteiger charge is -2.23. The molecule has 0 spiro atoms. The second-order valence-corrected chi connectivity index (χ2v) is 6.42. The average molecular weight is 308 g/mol. The number of anilines is 1. The van der Waals surface area contributed by atoms with Crippen molar-refractivity contribution in [3.63, 3.8) is 0 Å². The fourth-order valence-corrected chi connectivity index (χ4v) is 3.10. The molecule has 1 aliphatic heterocycles. The van der Waals surface area contributed by atoms with Gasteiger partial charge in [-0.2, -0.15) is 0 Å². The zero-order valence-corrected chi connectivity index (χ0v) is 13.1. The first-order valence-corrected chi connectivity index (χ1v) is 7.81. The monoisotopic (exact) mass is 308 g/mol. The molecule has 0 radical (unpaired) electrons. The molecule has 1 aliphatic rings. The van der Waals surface area contributed by atoms with Gasteiger partial charge in [-0.15, -0.1) is 11.8 Å². The Kier molecular flexibility index (Phi) is 5.64. The molecule has 0 saturated heterocycles. The Hall–Kier alpha value is -1.53. The molecule has 1 atom stereocenters. The van der Waals surface area contributed by atoms with Gasteiger partial charge in [0, 0.05) is 11.4 Å². The number of nitrogens with one attached hydrogen (secondary N) is 1. The lowest BCUT2D eigenvalue weighted by molar-refractivity contribution is -0.144. The second-order valence-electron chi connectivity index (χ2n) is 5.17. The molecular formula is C15H20N2O3S. The molecule has 1 aromatic carbocycles. The summed E-state index contributed by atoms with van der Waals surface area (Å²) in [6.45, 7) is 1.27. The van der Waals surface area contributed by atoms with Crippen molar-refractivity contribution >= 4 is 29.3 Å². The summed E-state index contributed by atoms with van der Waals surface area (Å²) in [5.41, 5.74) is 0.808. The fraction of sp³-hybridized carbons (Fsp3) is 0.467. The standard InChI is InChI=1S/C15H20N2O3S/c1-17(2)8-5-9-20-14(18)10-13-15(19)16-11-6-3-4-7-12(11)21-13/h3-4,6-7,13H,5,8-10H2,1-2H3,(H,16,19). The summed E-state index contributed by atoms with van der Waals surface area (Å²) in [6.07, 6.45) is 0.901. The van der Waals surface area contributed by atoms with Crippen molar-refractivity contribution in [2.75, 3.05) is 32.6 Å². The number of benzene rings is 1. The van der Waals surface area contributed by atoms with Crippen molar-refractivity contribution < 1.29 is 14.3 Å². The van der Waals surface area contributed by atoms with Crippen molar-refractivity contribution in [1.29, 1.82) is 0 Å². The van der Waals surface area contributed by atoms with Crippen LogP contribution in [-0.2, 0) is 14.3 Å². The molecule has 0 aliphatic carbocycles. The summed E-state index contributed by atoms with van der Waals surface area (Å²) in [5, 5.41) is 2.41. The van der Waals surface area contributed by atoms with Crippen LogP contribution in [0.5, 0.6) is 0 Å². The number of fused-ring (bicyclic) bond motifs is 1. The summed E-state index contributed by atoms with van der Waals surface area (Å²) in [5.74, 6) is -0.454. The van der Waals surface area contributed by atoms with Gasteiger partial charge in [0.15, 0.2) is 0 Å². The average Bonchev–Trinajstić information content (AvgIpc) is 2.44. The number of nitrogens with zero attached hydrogens (tertiary/aromatic N) is 1. The van der Waals surface area contributed by atoms with Gasteiger partial charge in [-0.1, -0.05) is 12.1 Å². The van der Waals surface area contributed by atoms with E-state index in [0.717, 1.165) is 23.5 Å². The molecule has 21 heavy (non-hydrogen) atoms. The lowest BCUT2D eigenvalue weighted by Crippen LogP contribution is -2.31. The van der Waals surface area contributed by atoms with Crippen molar-refractivity contribution in [1.82, 2.24) is 4.90 Å². The third-order valence-corrected chi connectivity index (χ3v) is 4.35. The van der Waals surface area contributed by atoms with Gasteiger partial charge < -0.3 is 15.0 Å². The molecule has 1 amide bonds. The first-order chi connectivity index (χ1) is 10.1. The van der Waals surface area contributed by atoms with Gasteiger partial charge in [-0.05, 0) is 32.6 Å². The largest absolute Gasteiger partial charge is 0.466 e. The number of para-hydroxylation sites is 1. The van der Waals surface area contributed by atoms with Gasteiger partial charge in [-0.25, -0.2) is 0 Å². The van der Waals surface area contributed by atoms with E-state index < -0.39 is 5.25 Å². The molecular weight excluding hydrogens is 288 g/mol. The zero-order chi connectivity index (χ0) is 15.2. The van der Waals surface area contributed by atoms with E-state index in [2.05, 4.69) is 5.32 Å². The highest BCUT2D eigenvalue weighted by Gasteiger charge is 2.29. The van der Waals surface area contributed by atoms with E-state index in [0.29, 0.717) is 6.61 Å². The minimum atomic E-state index is -0.416. The molecule has 0 fully saturated rings. The molecule has 1 aromatic rings. The van der Waals surface area contributed by atoms with Crippen molar-refractivity contribution in [2.45, 2.75) is 23.0 Å². The topological polar surface area (TPSA) is 58.6 Å². The number of carbonyl (C=O) groups is 2. The Bertz CT molecular complexity index is 519. The van der Waals surface area contributed by atoms with Crippen LogP contribution in [0.2, 0.25) is 0 Å². The lowest BCUT2D eigenvalue weighted by atomic mass is 10.2. The van der Waals surface area contributed by atoms with E-state index in [1.54, 1.807) is 0 Å². The highest BCUT2D eigenvalue weighted by molar-refractivity contribution is 8.01. The highest BCUT2D eigenvalue weighted by Crippen LogP contribution is 2.36. The Morgan fingerprint density at radius 2 is 2.14 bits per heavy atom. The number of hydrogen-bond acceptors (Lipinski definition) is 5. The molecule has 114 valence electrons. The van der Waals surface area contributed by atoms with E-state index in [4.69, 9.17) is 4.74 Å². The number of amides is 1. The predicted molar refractivity (Wildman–Crippen MR) is 83.5 cm³/mol. The van der Waals surface area contributed by atoms with Crippen LogP contribution in [0.1, 0.15) is 12.8 Å². The van der Waals surface area contributed by atoms with Gasteiger partial charge in [0.2, 0.25) is 5.91 Å². The maximum atomic E-state index is 12.0. The number of hydrogen-bond donors (Lipinski definition) is 1. The van der Waals surface area contributed by atoms with Gasteiger partial charge in [0.05, 0.1) is 24.0 Å². The van der Waals surface area contributed by atoms with Crippen molar-refractivity contribution in [2.24, 2.45) is 0 Å². The second kappa shape index (κ2) is 7.47. The third-order valence-electron chi connectivity index (χ3n) is 3.07. The number of esters is 1. The van der Waals surface area contributed by atoms with Crippen LogP contribution >= 0.6 is 11.8 Å². The fourth-order valence-electron chi connectivity index (χ4n) is 2.00. The van der Waals surface area contributed by atoms with Crippen LogP contribution in [0.25, 0.3) is 0 Å². The van der Waals surface area contributed by atoms with Gasteiger partial charge in [-0.3, -0.25) is 9.59 Å². The summed E-state index contributed by atoms with van der Waals surface area (Å²) in [7, 11) is 3.95. The van der Waals surface area contributed by atoms with E-state index in [1.165, 1.54) is 11.8 Å². The summed E-state index contributed by atoms with van der Waals surface area (Å²) >= 11 is 1.42. The first-order valence-electron chi connectivity index (χ1n) is 6.93.